The molecule has 0 radical (unpaired) electrons. The first-order valence-electron chi connectivity index (χ1n) is 8.56. The first-order valence-corrected chi connectivity index (χ1v) is 9.44. The van der Waals surface area contributed by atoms with Gasteiger partial charge in [0.25, 0.3) is 0 Å². The molecule has 1 aromatic heterocycles. The van der Waals surface area contributed by atoms with Crippen molar-refractivity contribution in [3.8, 4) is 0 Å². The van der Waals surface area contributed by atoms with Gasteiger partial charge in [0.15, 0.2) is 10.8 Å². The minimum atomic E-state index is -2.69. The second-order valence-corrected chi connectivity index (χ2v) is 7.23. The maximum absolute atomic E-state index is 12.3. The maximum Gasteiger partial charge on any atom is 0.404 e. The molecule has 0 saturated carbocycles. The lowest BCUT2D eigenvalue weighted by atomic mass is 9.98. The van der Waals surface area contributed by atoms with Crippen LogP contribution in [0.5, 0.6) is 0 Å². The van der Waals surface area contributed by atoms with Crippen molar-refractivity contribution in [3.63, 3.8) is 0 Å². The number of aliphatic imine (C=N–C) groups is 1. The van der Waals surface area contributed by atoms with Gasteiger partial charge < -0.3 is 26.1 Å². The van der Waals surface area contributed by atoms with Gasteiger partial charge in [-0.25, -0.2) is 9.78 Å². The third kappa shape index (κ3) is 4.35. The van der Waals surface area contributed by atoms with Gasteiger partial charge in [0.05, 0.1) is 12.3 Å². The van der Waals surface area contributed by atoms with Gasteiger partial charge in [-0.15, -0.1) is 11.3 Å². The maximum atomic E-state index is 12.3. The number of carbonyl (C=O) groups is 1. The van der Waals surface area contributed by atoms with Crippen molar-refractivity contribution in [2.45, 2.75) is 26.0 Å². The average molecular weight is 410 g/mol. The van der Waals surface area contributed by atoms with Crippen LogP contribution >= 0.6 is 11.3 Å². The van der Waals surface area contributed by atoms with Gasteiger partial charge in [0.2, 0.25) is 0 Å². The predicted octanol–water partition coefficient (Wildman–Crippen LogP) is 2.31. The Morgan fingerprint density at radius 3 is 3.00 bits per heavy atom. The summed E-state index contributed by atoms with van der Waals surface area (Å²) in [5.41, 5.74) is 6.73. The molecule has 0 bridgehead atoms. The van der Waals surface area contributed by atoms with E-state index in [0.717, 1.165) is 16.9 Å². The number of ether oxygens (including phenoxy) is 1. The lowest BCUT2D eigenvalue weighted by Gasteiger charge is -2.27. The Morgan fingerprint density at radius 1 is 1.57 bits per heavy atom. The van der Waals surface area contributed by atoms with Crippen LogP contribution in [0.2, 0.25) is 0 Å². The van der Waals surface area contributed by atoms with Crippen LogP contribution < -0.4 is 11.1 Å². The summed E-state index contributed by atoms with van der Waals surface area (Å²) in [4.78, 5) is 22.0. The summed E-state index contributed by atoms with van der Waals surface area (Å²) in [6.45, 7) is -0.151. The standard InChI is InChI=1S/C17H20F2N6O2S/c1-9(27-17(21)26)10-6-13-11(12(20)2-3-23-16(18)19)7-24-14(25(13)8-10)15-22-4-5-28-15/h2-5,9-10,16,20,23H,6-8H2,1H3,(H2,21,26)/b3-2-,20-12?. The lowest BCUT2D eigenvalue weighted by molar-refractivity contribution is 0.0839. The molecule has 0 aliphatic carbocycles. The van der Waals surface area contributed by atoms with E-state index in [1.165, 1.54) is 17.4 Å². The molecule has 0 spiro atoms. The molecule has 0 aromatic carbocycles. The van der Waals surface area contributed by atoms with Gasteiger partial charge in [-0.3, -0.25) is 4.99 Å². The van der Waals surface area contributed by atoms with Crippen molar-refractivity contribution in [2.75, 3.05) is 13.1 Å². The number of thiazole rings is 1. The first kappa shape index (κ1) is 19.9. The Hall–Kier alpha value is -2.82. The molecule has 150 valence electrons. The molecule has 1 saturated heterocycles. The summed E-state index contributed by atoms with van der Waals surface area (Å²) < 4.78 is 29.7. The van der Waals surface area contributed by atoms with E-state index >= 15 is 0 Å². The number of halogens is 2. The summed E-state index contributed by atoms with van der Waals surface area (Å²) in [5, 5.41) is 12.7. The van der Waals surface area contributed by atoms with Gasteiger partial charge >= 0.3 is 12.6 Å². The van der Waals surface area contributed by atoms with Crippen LogP contribution in [0.1, 0.15) is 18.4 Å². The van der Waals surface area contributed by atoms with Crippen LogP contribution in [0.25, 0.3) is 0 Å². The quantitative estimate of drug-likeness (QED) is 0.471. The fraction of sp³-hybridized carbons (Fsp3) is 0.412. The summed E-state index contributed by atoms with van der Waals surface area (Å²) in [5.74, 6) is 0.654. The van der Waals surface area contributed by atoms with Gasteiger partial charge in [-0.1, -0.05) is 0 Å². The number of amidine groups is 1. The normalized spacial score (nSPS) is 20.4. The second kappa shape index (κ2) is 8.46. The Kier molecular flexibility index (Phi) is 6.02. The molecular formula is C17H20F2N6O2S. The molecule has 2 aliphatic heterocycles. The number of aromatic nitrogens is 1. The van der Waals surface area contributed by atoms with Crippen LogP contribution in [0.15, 0.2) is 40.1 Å². The Morgan fingerprint density at radius 2 is 2.36 bits per heavy atom. The number of nitrogens with zero attached hydrogens (tertiary/aromatic N) is 3. The van der Waals surface area contributed by atoms with E-state index in [2.05, 4.69) is 9.98 Å². The molecule has 1 fully saturated rings. The largest absolute Gasteiger partial charge is 0.446 e. The van der Waals surface area contributed by atoms with E-state index in [-0.39, 0.29) is 18.2 Å². The monoisotopic (exact) mass is 410 g/mol. The topological polar surface area (TPSA) is 117 Å². The van der Waals surface area contributed by atoms with E-state index in [0.29, 0.717) is 24.4 Å². The number of nitrogens with two attached hydrogens (primary N) is 1. The zero-order valence-electron chi connectivity index (χ0n) is 15.1. The number of fused-ring (bicyclic) bond motifs is 1. The van der Waals surface area contributed by atoms with Crippen molar-refractivity contribution in [1.29, 1.82) is 5.41 Å². The van der Waals surface area contributed by atoms with Gasteiger partial charge in [0, 0.05) is 41.5 Å². The zero-order chi connectivity index (χ0) is 20.3. The SMILES string of the molecule is CC(OC(N)=O)C1CC2=C(C(=N)/C=C\NC(F)F)CN=C(c3nccs3)N2C1. The Bertz CT molecular complexity index is 837. The molecular weight excluding hydrogens is 390 g/mol. The minimum Gasteiger partial charge on any atom is -0.446 e. The number of rotatable bonds is 7. The third-order valence-corrected chi connectivity index (χ3v) is 5.35. The highest BCUT2D eigenvalue weighted by Crippen LogP contribution is 2.36. The molecule has 28 heavy (non-hydrogen) atoms. The van der Waals surface area contributed by atoms with Crippen LogP contribution in [-0.4, -0.2) is 53.3 Å². The van der Waals surface area contributed by atoms with Crippen LogP contribution in [0, 0.1) is 11.3 Å². The molecule has 11 heteroatoms. The molecule has 1 amide bonds. The van der Waals surface area contributed by atoms with Crippen molar-refractivity contribution in [3.05, 3.63) is 40.1 Å². The van der Waals surface area contributed by atoms with E-state index in [1.807, 2.05) is 15.6 Å². The van der Waals surface area contributed by atoms with Crippen molar-refractivity contribution in [1.82, 2.24) is 15.2 Å². The smallest absolute Gasteiger partial charge is 0.404 e. The van der Waals surface area contributed by atoms with Crippen LogP contribution in [-0.2, 0) is 4.74 Å². The van der Waals surface area contributed by atoms with Gasteiger partial charge in [-0.05, 0) is 19.4 Å². The average Bonchev–Trinajstić information content (AvgIpc) is 3.29. The predicted molar refractivity (Wildman–Crippen MR) is 101 cm³/mol. The highest BCUT2D eigenvalue weighted by Gasteiger charge is 2.39. The summed E-state index contributed by atoms with van der Waals surface area (Å²) in [6.07, 6.45) is 3.32. The summed E-state index contributed by atoms with van der Waals surface area (Å²) in [7, 11) is 0. The summed E-state index contributed by atoms with van der Waals surface area (Å²) >= 11 is 1.45. The van der Waals surface area contributed by atoms with E-state index in [4.69, 9.17) is 15.9 Å². The minimum absolute atomic E-state index is 0.0447. The zero-order valence-corrected chi connectivity index (χ0v) is 15.9. The highest BCUT2D eigenvalue weighted by molar-refractivity contribution is 7.11. The fourth-order valence-corrected chi connectivity index (χ4v) is 3.91. The molecule has 2 atom stereocenters. The van der Waals surface area contributed by atoms with Crippen molar-refractivity contribution < 1.29 is 18.3 Å². The molecule has 2 unspecified atom stereocenters. The van der Waals surface area contributed by atoms with E-state index < -0.39 is 18.7 Å². The number of allylic oxidation sites excluding steroid dienone is 2. The number of hydrogen-bond donors (Lipinski definition) is 3. The van der Waals surface area contributed by atoms with Crippen LogP contribution in [0.4, 0.5) is 13.6 Å². The van der Waals surface area contributed by atoms with Gasteiger partial charge in [-0.2, -0.15) is 8.78 Å². The molecule has 1 aromatic rings. The van der Waals surface area contributed by atoms with Crippen molar-refractivity contribution in [2.24, 2.45) is 16.6 Å². The molecule has 4 N–H and O–H groups in total. The first-order chi connectivity index (χ1) is 13.4. The lowest BCUT2D eigenvalue weighted by Crippen LogP contribution is -2.35. The number of primary amides is 1. The molecule has 3 heterocycles. The third-order valence-electron chi connectivity index (χ3n) is 4.58. The van der Waals surface area contributed by atoms with E-state index in [9.17, 15) is 13.6 Å². The Balaban J connectivity index is 1.87. The number of carbonyl (C=O) groups excluding carboxylic acids is 1. The summed E-state index contributed by atoms with van der Waals surface area (Å²) in [6, 6.07) is 0. The Labute approximate surface area is 164 Å². The highest BCUT2D eigenvalue weighted by atomic mass is 32.1. The number of nitrogens with one attached hydrogen (secondary N) is 2. The second-order valence-electron chi connectivity index (χ2n) is 6.33. The van der Waals surface area contributed by atoms with Crippen LogP contribution in [0.3, 0.4) is 0 Å². The number of hydrogen-bond acceptors (Lipinski definition) is 8. The molecule has 3 rings (SSSR count). The van der Waals surface area contributed by atoms with E-state index in [1.54, 1.807) is 13.1 Å². The molecule has 2 aliphatic rings. The molecule has 8 nitrogen and oxygen atoms in total. The number of alkyl halides is 2. The number of amides is 1. The van der Waals surface area contributed by atoms with Gasteiger partial charge in [0.1, 0.15) is 6.10 Å². The fourth-order valence-electron chi connectivity index (χ4n) is 3.25. The van der Waals surface area contributed by atoms with Crippen molar-refractivity contribution >= 4 is 29.0 Å².